The van der Waals surface area contributed by atoms with Crippen LogP contribution in [-0.2, 0) is 0 Å². The van der Waals surface area contributed by atoms with E-state index in [1.165, 1.54) is 11.1 Å². The first-order chi connectivity index (χ1) is 12.6. The zero-order chi connectivity index (χ0) is 18.1. The lowest BCUT2D eigenvalue weighted by Gasteiger charge is -2.25. The van der Waals surface area contributed by atoms with Gasteiger partial charge < -0.3 is 10.0 Å². The largest absolute Gasteiger partial charge is 0.507 e. The number of likely N-dealkylation sites (tertiary alicyclic amines) is 1. The number of nitrogens with one attached hydrogen (secondary N) is 1. The summed E-state index contributed by atoms with van der Waals surface area (Å²) in [6.45, 7) is 2.82. The number of carbonyl (C=O) groups excluding carboxylic acids is 1. The number of hydrogen-bond donors (Lipinski definition) is 2. The molecule has 1 fully saturated rings. The van der Waals surface area contributed by atoms with E-state index in [-0.39, 0.29) is 17.7 Å². The van der Waals surface area contributed by atoms with E-state index in [0.717, 1.165) is 19.4 Å². The van der Waals surface area contributed by atoms with Crippen LogP contribution < -0.4 is 0 Å². The molecule has 0 bridgehead atoms. The van der Waals surface area contributed by atoms with Crippen LogP contribution in [-0.4, -0.2) is 32.7 Å². The van der Waals surface area contributed by atoms with Gasteiger partial charge in [0.15, 0.2) is 0 Å². The van der Waals surface area contributed by atoms with Crippen molar-refractivity contribution in [2.45, 2.75) is 25.8 Å². The monoisotopic (exact) mass is 347 g/mol. The molecule has 1 amide bonds. The Hall–Kier alpha value is -3.08. The fourth-order valence-corrected chi connectivity index (χ4v) is 3.71. The number of aromatic hydroxyl groups is 1. The van der Waals surface area contributed by atoms with E-state index >= 15 is 0 Å². The minimum Gasteiger partial charge on any atom is -0.507 e. The molecule has 0 radical (unpaired) electrons. The molecule has 3 aromatic rings. The molecule has 0 aliphatic carbocycles. The lowest BCUT2D eigenvalue weighted by Crippen LogP contribution is -2.31. The van der Waals surface area contributed by atoms with Gasteiger partial charge in [-0.3, -0.25) is 9.89 Å². The SMILES string of the molecule is Cc1ccccc1[C@@H]1CCCN1C(=O)c1cc(-c2ccccc2O)n[nH]1. The van der Waals surface area contributed by atoms with Crippen LogP contribution in [0.15, 0.2) is 54.6 Å². The third-order valence-electron chi connectivity index (χ3n) is 5.05. The predicted octanol–water partition coefficient (Wildman–Crippen LogP) is 4.07. The number of nitrogens with zero attached hydrogens (tertiary/aromatic N) is 2. The smallest absolute Gasteiger partial charge is 0.272 e. The second-order valence-corrected chi connectivity index (χ2v) is 6.70. The maximum absolute atomic E-state index is 13.1. The number of rotatable bonds is 3. The van der Waals surface area contributed by atoms with Crippen LogP contribution in [0.1, 0.15) is 40.5 Å². The maximum atomic E-state index is 13.1. The number of aromatic amines is 1. The normalized spacial score (nSPS) is 16.8. The number of hydrogen-bond acceptors (Lipinski definition) is 3. The first-order valence-electron chi connectivity index (χ1n) is 8.85. The number of aromatic nitrogens is 2. The highest BCUT2D eigenvalue weighted by molar-refractivity contribution is 5.94. The summed E-state index contributed by atoms with van der Waals surface area (Å²) in [6.07, 6.45) is 1.96. The van der Waals surface area contributed by atoms with Gasteiger partial charge in [0.25, 0.3) is 5.91 Å². The summed E-state index contributed by atoms with van der Waals surface area (Å²) in [4.78, 5) is 15.0. The first-order valence-corrected chi connectivity index (χ1v) is 8.85. The second-order valence-electron chi connectivity index (χ2n) is 6.70. The highest BCUT2D eigenvalue weighted by Gasteiger charge is 2.32. The Balaban J connectivity index is 1.62. The van der Waals surface area contributed by atoms with Crippen molar-refractivity contribution in [1.82, 2.24) is 15.1 Å². The van der Waals surface area contributed by atoms with Gasteiger partial charge in [0.05, 0.1) is 11.7 Å². The van der Waals surface area contributed by atoms with Gasteiger partial charge >= 0.3 is 0 Å². The van der Waals surface area contributed by atoms with Crippen molar-refractivity contribution in [1.29, 1.82) is 0 Å². The molecule has 1 saturated heterocycles. The van der Waals surface area contributed by atoms with Crippen molar-refractivity contribution in [2.75, 3.05) is 6.54 Å². The van der Waals surface area contributed by atoms with Crippen molar-refractivity contribution < 1.29 is 9.90 Å². The van der Waals surface area contributed by atoms with Crippen LogP contribution in [0.2, 0.25) is 0 Å². The number of para-hydroxylation sites is 1. The number of phenols is 1. The van der Waals surface area contributed by atoms with E-state index in [4.69, 9.17) is 0 Å². The molecule has 132 valence electrons. The van der Waals surface area contributed by atoms with Gasteiger partial charge in [-0.2, -0.15) is 5.10 Å². The Labute approximate surface area is 152 Å². The van der Waals surface area contributed by atoms with Gasteiger partial charge in [-0.25, -0.2) is 0 Å². The number of amides is 1. The van der Waals surface area contributed by atoms with Gasteiger partial charge in [0, 0.05) is 12.1 Å². The molecule has 1 atom stereocenters. The molecule has 2 heterocycles. The zero-order valence-corrected chi connectivity index (χ0v) is 14.6. The van der Waals surface area contributed by atoms with E-state index in [9.17, 15) is 9.90 Å². The topological polar surface area (TPSA) is 69.2 Å². The Bertz CT molecular complexity index is 948. The second kappa shape index (κ2) is 6.67. The molecule has 1 aliphatic rings. The van der Waals surface area contributed by atoms with Crippen LogP contribution >= 0.6 is 0 Å². The van der Waals surface area contributed by atoms with Crippen molar-refractivity contribution in [3.63, 3.8) is 0 Å². The van der Waals surface area contributed by atoms with Gasteiger partial charge in [-0.15, -0.1) is 0 Å². The van der Waals surface area contributed by atoms with E-state index in [2.05, 4.69) is 29.3 Å². The van der Waals surface area contributed by atoms with Gasteiger partial charge in [-0.05, 0) is 49.1 Å². The standard InChI is InChI=1S/C21H21N3O2/c1-14-7-2-3-8-15(14)19-10-6-12-24(19)21(26)18-13-17(22-23-18)16-9-4-5-11-20(16)25/h2-5,7-9,11,13,19,25H,6,10,12H2,1H3,(H,22,23)/t19-/m0/s1. The summed E-state index contributed by atoms with van der Waals surface area (Å²) in [6, 6.07) is 17.0. The molecular formula is C21H21N3O2. The summed E-state index contributed by atoms with van der Waals surface area (Å²) >= 11 is 0. The molecule has 1 aliphatic heterocycles. The number of carbonyl (C=O) groups is 1. The molecule has 1 aromatic heterocycles. The van der Waals surface area contributed by atoms with Crippen LogP contribution in [0, 0.1) is 6.92 Å². The molecular weight excluding hydrogens is 326 g/mol. The maximum Gasteiger partial charge on any atom is 0.272 e. The number of benzene rings is 2. The van der Waals surface area contributed by atoms with Crippen molar-refractivity contribution in [3.8, 4) is 17.0 Å². The number of phenolic OH excluding ortho intramolecular Hbond substituents is 1. The summed E-state index contributed by atoms with van der Waals surface area (Å²) in [7, 11) is 0. The molecule has 0 saturated carbocycles. The van der Waals surface area contributed by atoms with Crippen LogP contribution in [0.5, 0.6) is 5.75 Å². The van der Waals surface area contributed by atoms with Crippen LogP contribution in [0.25, 0.3) is 11.3 Å². The highest BCUT2D eigenvalue weighted by atomic mass is 16.3. The Morgan fingerprint density at radius 2 is 1.96 bits per heavy atom. The average Bonchev–Trinajstić information content (AvgIpc) is 3.32. The molecule has 4 rings (SSSR count). The average molecular weight is 347 g/mol. The molecule has 26 heavy (non-hydrogen) atoms. The quantitative estimate of drug-likeness (QED) is 0.750. The van der Waals surface area contributed by atoms with Crippen LogP contribution in [0.3, 0.4) is 0 Å². The summed E-state index contributed by atoms with van der Waals surface area (Å²) in [5.74, 6) is 0.0990. The van der Waals surface area contributed by atoms with E-state index in [1.807, 2.05) is 23.1 Å². The third-order valence-corrected chi connectivity index (χ3v) is 5.05. The lowest BCUT2D eigenvalue weighted by molar-refractivity contribution is 0.0729. The van der Waals surface area contributed by atoms with Crippen molar-refractivity contribution >= 4 is 5.91 Å². The van der Waals surface area contributed by atoms with Gasteiger partial charge in [-0.1, -0.05) is 36.4 Å². The fraction of sp³-hybridized carbons (Fsp3) is 0.238. The van der Waals surface area contributed by atoms with E-state index in [0.29, 0.717) is 17.0 Å². The highest BCUT2D eigenvalue weighted by Crippen LogP contribution is 2.35. The molecule has 2 N–H and O–H groups in total. The van der Waals surface area contributed by atoms with Crippen molar-refractivity contribution in [2.24, 2.45) is 0 Å². The molecule has 0 spiro atoms. The van der Waals surface area contributed by atoms with Gasteiger partial charge in [0.2, 0.25) is 0 Å². The van der Waals surface area contributed by atoms with Crippen molar-refractivity contribution in [3.05, 3.63) is 71.4 Å². The minimum atomic E-state index is -0.0510. The van der Waals surface area contributed by atoms with E-state index in [1.54, 1.807) is 24.3 Å². The number of aryl methyl sites for hydroxylation is 1. The Morgan fingerprint density at radius 1 is 1.19 bits per heavy atom. The number of H-pyrrole nitrogens is 1. The van der Waals surface area contributed by atoms with E-state index < -0.39 is 0 Å². The summed E-state index contributed by atoms with van der Waals surface area (Å²) in [5, 5.41) is 17.1. The molecule has 2 aromatic carbocycles. The summed E-state index contributed by atoms with van der Waals surface area (Å²) in [5.41, 5.74) is 4.04. The van der Waals surface area contributed by atoms with Gasteiger partial charge in [0.1, 0.15) is 11.4 Å². The molecule has 0 unspecified atom stereocenters. The molecule has 5 heteroatoms. The third kappa shape index (κ3) is 2.86. The zero-order valence-electron chi connectivity index (χ0n) is 14.6. The Morgan fingerprint density at radius 3 is 2.77 bits per heavy atom. The Kier molecular flexibility index (Phi) is 4.21. The molecule has 5 nitrogen and oxygen atoms in total. The minimum absolute atomic E-state index is 0.0510. The predicted molar refractivity (Wildman–Crippen MR) is 99.9 cm³/mol. The lowest BCUT2D eigenvalue weighted by atomic mass is 9.99. The first kappa shape index (κ1) is 16.4. The fourth-order valence-electron chi connectivity index (χ4n) is 3.71. The summed E-state index contributed by atoms with van der Waals surface area (Å²) < 4.78 is 0. The van der Waals surface area contributed by atoms with Crippen LogP contribution in [0.4, 0.5) is 0 Å².